The zero-order chi connectivity index (χ0) is 12.6. The molecule has 1 aliphatic carbocycles. The number of aromatic nitrogens is 1. The van der Waals surface area contributed by atoms with Crippen LogP contribution in [0.4, 0.5) is 4.39 Å². The molecule has 1 fully saturated rings. The van der Waals surface area contributed by atoms with Crippen LogP contribution in [-0.2, 0) is 5.41 Å². The first-order valence-electron chi connectivity index (χ1n) is 5.87. The van der Waals surface area contributed by atoms with Crippen molar-refractivity contribution in [1.29, 1.82) is 5.26 Å². The summed E-state index contributed by atoms with van der Waals surface area (Å²) < 4.78 is 13.7. The fraction of sp³-hybridized carbons (Fsp3) is 0.286. The number of nitrogens with zero attached hydrogens (tertiary/aromatic N) is 2. The Morgan fingerprint density at radius 1 is 1.33 bits per heavy atom. The third kappa shape index (κ3) is 1.63. The Morgan fingerprint density at radius 2 is 2.11 bits per heavy atom. The summed E-state index contributed by atoms with van der Waals surface area (Å²) in [5, 5.41) is 11.8. The van der Waals surface area contributed by atoms with E-state index in [9.17, 15) is 9.65 Å². The number of hydrogen-bond donors (Lipinski definition) is 0. The summed E-state index contributed by atoms with van der Waals surface area (Å²) in [6.07, 6.45) is 2.80. The van der Waals surface area contributed by atoms with Crippen LogP contribution < -0.4 is 0 Å². The Hall–Kier alpha value is -1.73. The van der Waals surface area contributed by atoms with E-state index in [1.807, 2.05) is 5.38 Å². The van der Waals surface area contributed by atoms with Crippen LogP contribution in [0.25, 0.3) is 10.6 Å². The number of benzene rings is 1. The van der Waals surface area contributed by atoms with Gasteiger partial charge in [-0.25, -0.2) is 9.37 Å². The van der Waals surface area contributed by atoms with Crippen molar-refractivity contribution in [3.63, 3.8) is 0 Å². The van der Waals surface area contributed by atoms with Gasteiger partial charge in [-0.2, -0.15) is 5.26 Å². The third-order valence-corrected chi connectivity index (χ3v) is 4.40. The number of rotatable bonds is 2. The lowest BCUT2D eigenvalue weighted by molar-refractivity contribution is 0.317. The fourth-order valence-corrected chi connectivity index (χ4v) is 3.15. The second-order valence-electron chi connectivity index (χ2n) is 4.57. The first kappa shape index (κ1) is 11.4. The molecule has 4 heteroatoms. The predicted molar refractivity (Wildman–Crippen MR) is 68.7 cm³/mol. The molecule has 0 N–H and O–H groups in total. The number of halogens is 1. The first-order chi connectivity index (χ1) is 8.75. The van der Waals surface area contributed by atoms with Crippen LogP contribution in [0.5, 0.6) is 0 Å². The smallest absolute Gasteiger partial charge is 0.133 e. The maximum atomic E-state index is 13.7. The van der Waals surface area contributed by atoms with Crippen molar-refractivity contribution >= 4 is 11.3 Å². The zero-order valence-corrected chi connectivity index (χ0v) is 10.5. The Bertz CT molecular complexity index is 623. The van der Waals surface area contributed by atoms with Crippen LogP contribution in [0.15, 0.2) is 29.6 Å². The molecule has 2 aromatic rings. The van der Waals surface area contributed by atoms with E-state index in [1.165, 1.54) is 17.4 Å². The van der Waals surface area contributed by atoms with Crippen LogP contribution in [0.3, 0.4) is 0 Å². The second kappa shape index (κ2) is 4.18. The van der Waals surface area contributed by atoms with Crippen molar-refractivity contribution in [2.75, 3.05) is 0 Å². The first-order valence-corrected chi connectivity index (χ1v) is 6.75. The van der Waals surface area contributed by atoms with Crippen LogP contribution in [-0.4, -0.2) is 4.98 Å². The van der Waals surface area contributed by atoms with Crippen LogP contribution >= 0.6 is 11.3 Å². The normalized spacial score (nSPS) is 16.9. The molecule has 1 aliphatic rings. The van der Waals surface area contributed by atoms with E-state index in [2.05, 4.69) is 11.1 Å². The molecule has 0 unspecified atom stereocenters. The maximum Gasteiger partial charge on any atom is 0.133 e. The second-order valence-corrected chi connectivity index (χ2v) is 5.42. The number of nitriles is 1. The molecule has 2 nitrogen and oxygen atoms in total. The van der Waals surface area contributed by atoms with Crippen molar-refractivity contribution in [3.8, 4) is 16.6 Å². The minimum absolute atomic E-state index is 0.266. The maximum absolute atomic E-state index is 13.7. The highest BCUT2D eigenvalue weighted by atomic mass is 32.1. The van der Waals surface area contributed by atoms with Gasteiger partial charge in [-0.15, -0.1) is 11.3 Å². The number of thiazole rings is 1. The van der Waals surface area contributed by atoms with E-state index in [4.69, 9.17) is 0 Å². The van der Waals surface area contributed by atoms with Gasteiger partial charge in [0.05, 0.1) is 11.8 Å². The molecule has 0 amide bonds. The SMILES string of the molecule is N#CC1(c2csc(-c3ccccc3F)n2)CCC1. The number of hydrogen-bond acceptors (Lipinski definition) is 3. The predicted octanol–water partition coefficient (Wildman–Crippen LogP) is 3.89. The highest BCUT2D eigenvalue weighted by molar-refractivity contribution is 7.13. The van der Waals surface area contributed by atoms with Gasteiger partial charge in [0.2, 0.25) is 0 Å². The van der Waals surface area contributed by atoms with E-state index in [0.29, 0.717) is 10.6 Å². The van der Waals surface area contributed by atoms with E-state index in [0.717, 1.165) is 25.0 Å². The molecule has 18 heavy (non-hydrogen) atoms. The minimum atomic E-state index is -0.417. The van der Waals surface area contributed by atoms with Crippen molar-refractivity contribution in [2.45, 2.75) is 24.7 Å². The Morgan fingerprint density at radius 3 is 2.72 bits per heavy atom. The van der Waals surface area contributed by atoms with Gasteiger partial charge >= 0.3 is 0 Å². The molecule has 1 heterocycles. The van der Waals surface area contributed by atoms with E-state index in [-0.39, 0.29) is 5.82 Å². The summed E-state index contributed by atoms with van der Waals surface area (Å²) in [5.74, 6) is -0.266. The van der Waals surface area contributed by atoms with Crippen LogP contribution in [0.2, 0.25) is 0 Å². The van der Waals surface area contributed by atoms with Crippen LogP contribution in [0, 0.1) is 17.1 Å². The Labute approximate surface area is 109 Å². The topological polar surface area (TPSA) is 36.7 Å². The zero-order valence-electron chi connectivity index (χ0n) is 9.69. The monoisotopic (exact) mass is 258 g/mol. The lowest BCUT2D eigenvalue weighted by Crippen LogP contribution is -2.32. The largest absolute Gasteiger partial charge is 0.239 e. The highest BCUT2D eigenvalue weighted by Crippen LogP contribution is 2.44. The highest BCUT2D eigenvalue weighted by Gasteiger charge is 2.41. The summed E-state index contributed by atoms with van der Waals surface area (Å²) in [5.41, 5.74) is 0.903. The molecule has 90 valence electrons. The molecule has 1 aromatic heterocycles. The summed E-state index contributed by atoms with van der Waals surface area (Å²) in [4.78, 5) is 4.46. The molecule has 1 saturated carbocycles. The average Bonchev–Trinajstić information content (AvgIpc) is 2.79. The average molecular weight is 258 g/mol. The molecular formula is C14H11FN2S. The molecule has 0 saturated heterocycles. The molecule has 0 bridgehead atoms. The molecular weight excluding hydrogens is 247 g/mol. The van der Waals surface area contributed by atoms with Gasteiger partial charge in [0.25, 0.3) is 0 Å². The van der Waals surface area contributed by atoms with Crippen molar-refractivity contribution < 1.29 is 4.39 Å². The lowest BCUT2D eigenvalue weighted by atomic mass is 9.68. The summed E-state index contributed by atoms with van der Waals surface area (Å²) in [7, 11) is 0. The van der Waals surface area contributed by atoms with E-state index >= 15 is 0 Å². The van der Waals surface area contributed by atoms with Crippen molar-refractivity contribution in [1.82, 2.24) is 4.98 Å². The van der Waals surface area contributed by atoms with E-state index in [1.54, 1.807) is 18.2 Å². The van der Waals surface area contributed by atoms with Gasteiger partial charge < -0.3 is 0 Å². The quantitative estimate of drug-likeness (QED) is 0.819. The summed E-state index contributed by atoms with van der Waals surface area (Å²) in [6, 6.07) is 8.97. The van der Waals surface area contributed by atoms with Crippen molar-refractivity contribution in [2.24, 2.45) is 0 Å². The van der Waals surface area contributed by atoms with Gasteiger partial charge in [-0.05, 0) is 31.4 Å². The van der Waals surface area contributed by atoms with Gasteiger partial charge in [0, 0.05) is 10.9 Å². The Kier molecular flexibility index (Phi) is 2.64. The van der Waals surface area contributed by atoms with E-state index < -0.39 is 5.41 Å². The molecule has 0 radical (unpaired) electrons. The van der Waals surface area contributed by atoms with Crippen molar-refractivity contribution in [3.05, 3.63) is 41.2 Å². The molecule has 0 atom stereocenters. The van der Waals surface area contributed by atoms with Crippen LogP contribution in [0.1, 0.15) is 25.0 Å². The van der Waals surface area contributed by atoms with Gasteiger partial charge in [0.15, 0.2) is 0 Å². The standard InChI is InChI=1S/C14H11FN2S/c15-11-5-2-1-4-10(11)13-17-12(8-18-13)14(9-16)6-3-7-14/h1-2,4-5,8H,3,6-7H2. The minimum Gasteiger partial charge on any atom is -0.239 e. The summed E-state index contributed by atoms with van der Waals surface area (Å²) in [6.45, 7) is 0. The fourth-order valence-electron chi connectivity index (χ4n) is 2.21. The molecule has 0 spiro atoms. The van der Waals surface area contributed by atoms with Gasteiger partial charge in [0.1, 0.15) is 16.2 Å². The molecule has 0 aliphatic heterocycles. The summed E-state index contributed by atoms with van der Waals surface area (Å²) >= 11 is 1.41. The lowest BCUT2D eigenvalue weighted by Gasteiger charge is -2.33. The van der Waals surface area contributed by atoms with Gasteiger partial charge in [-0.1, -0.05) is 12.1 Å². The molecule has 1 aromatic carbocycles. The Balaban J connectivity index is 2.00. The van der Waals surface area contributed by atoms with Gasteiger partial charge in [-0.3, -0.25) is 0 Å². The molecule has 3 rings (SSSR count). The third-order valence-electron chi connectivity index (χ3n) is 3.52.